The molecule has 2 aromatic carbocycles. The summed E-state index contributed by atoms with van der Waals surface area (Å²) >= 11 is 0. The van der Waals surface area contributed by atoms with E-state index in [2.05, 4.69) is 0 Å². The molecule has 3 aromatic rings. The molecule has 0 atom stereocenters. The third-order valence-corrected chi connectivity index (χ3v) is 7.76. The Hall–Kier alpha value is -2.64. The van der Waals surface area contributed by atoms with E-state index in [1.54, 1.807) is 17.0 Å². The highest BCUT2D eigenvalue weighted by Gasteiger charge is 2.32. The van der Waals surface area contributed by atoms with Crippen LogP contribution in [0, 0.1) is 0 Å². The van der Waals surface area contributed by atoms with Gasteiger partial charge in [0.15, 0.2) is 5.76 Å². The molecule has 1 fully saturated rings. The van der Waals surface area contributed by atoms with Crippen molar-refractivity contribution in [2.45, 2.75) is 24.2 Å². The monoisotopic (exact) mass is 410 g/mol. The van der Waals surface area contributed by atoms with Gasteiger partial charge in [0, 0.05) is 31.6 Å². The van der Waals surface area contributed by atoms with Crippen molar-refractivity contribution in [1.29, 1.82) is 0 Å². The molecule has 2 aliphatic rings. The predicted octanol–water partition coefficient (Wildman–Crippen LogP) is 3.07. The Morgan fingerprint density at radius 2 is 1.66 bits per heavy atom. The minimum atomic E-state index is -3.55. The molecular formula is C22H22N2O4S. The van der Waals surface area contributed by atoms with Gasteiger partial charge in [-0.05, 0) is 54.7 Å². The molecule has 0 bridgehead atoms. The first-order valence-electron chi connectivity index (χ1n) is 9.92. The zero-order valence-corrected chi connectivity index (χ0v) is 16.8. The van der Waals surface area contributed by atoms with Gasteiger partial charge in [0.25, 0.3) is 5.91 Å². The van der Waals surface area contributed by atoms with Crippen molar-refractivity contribution < 1.29 is 17.6 Å². The summed E-state index contributed by atoms with van der Waals surface area (Å²) in [6.45, 7) is 1.26. The number of rotatable bonds is 3. The molecule has 1 aliphatic heterocycles. The number of nitrogens with zero attached hydrogens (tertiary/aromatic N) is 2. The average molecular weight is 410 g/mol. The molecule has 5 rings (SSSR count). The summed E-state index contributed by atoms with van der Waals surface area (Å²) in [6.07, 6.45) is 3.05. The molecule has 1 aliphatic carbocycles. The Bertz CT molecular complexity index is 1160. The van der Waals surface area contributed by atoms with Crippen molar-refractivity contribution in [3.05, 3.63) is 65.4 Å². The smallest absolute Gasteiger partial charge is 0.289 e. The number of para-hydroxylation sites is 1. The van der Waals surface area contributed by atoms with E-state index >= 15 is 0 Å². The third kappa shape index (κ3) is 3.24. The number of carbonyl (C=O) groups excluding carboxylic acids is 1. The van der Waals surface area contributed by atoms with E-state index in [0.717, 1.165) is 30.2 Å². The molecule has 1 aromatic heterocycles. The van der Waals surface area contributed by atoms with Crippen molar-refractivity contribution in [3.8, 4) is 0 Å². The minimum absolute atomic E-state index is 0.198. The summed E-state index contributed by atoms with van der Waals surface area (Å²) in [6, 6.07) is 14.7. The van der Waals surface area contributed by atoms with Gasteiger partial charge in [-0.3, -0.25) is 4.79 Å². The molecule has 7 heteroatoms. The Labute approximate surface area is 169 Å². The number of fused-ring (bicyclic) bond motifs is 2. The molecule has 6 nitrogen and oxygen atoms in total. The number of piperazine rings is 1. The number of aryl methyl sites for hydroxylation is 2. The quantitative estimate of drug-likeness (QED) is 0.665. The fourth-order valence-electron chi connectivity index (χ4n) is 4.23. The Balaban J connectivity index is 1.30. The van der Waals surface area contributed by atoms with Gasteiger partial charge in [-0.2, -0.15) is 4.31 Å². The first kappa shape index (κ1) is 18.4. The zero-order chi connectivity index (χ0) is 20.0. The Morgan fingerprint density at radius 1 is 0.897 bits per heavy atom. The molecule has 0 N–H and O–H groups in total. The highest BCUT2D eigenvalue weighted by Crippen LogP contribution is 2.27. The van der Waals surface area contributed by atoms with Gasteiger partial charge in [-0.25, -0.2) is 8.42 Å². The van der Waals surface area contributed by atoms with Gasteiger partial charge in [-0.1, -0.05) is 24.3 Å². The number of hydrogen-bond donors (Lipinski definition) is 0. The molecule has 0 unspecified atom stereocenters. The Kier molecular flexibility index (Phi) is 4.44. The minimum Gasteiger partial charge on any atom is -0.451 e. The maximum Gasteiger partial charge on any atom is 0.289 e. The zero-order valence-electron chi connectivity index (χ0n) is 16.0. The molecule has 2 heterocycles. The first-order chi connectivity index (χ1) is 14.0. The number of amides is 1. The van der Waals surface area contributed by atoms with Crippen LogP contribution in [0.25, 0.3) is 11.0 Å². The summed E-state index contributed by atoms with van der Waals surface area (Å²) in [5.41, 5.74) is 3.07. The molecule has 0 radical (unpaired) electrons. The largest absolute Gasteiger partial charge is 0.451 e. The molecular weight excluding hydrogens is 388 g/mol. The van der Waals surface area contributed by atoms with E-state index in [0.29, 0.717) is 29.3 Å². The van der Waals surface area contributed by atoms with Gasteiger partial charge in [-0.15, -0.1) is 0 Å². The lowest BCUT2D eigenvalue weighted by atomic mass is 10.1. The summed E-state index contributed by atoms with van der Waals surface area (Å²) < 4.78 is 33.3. The van der Waals surface area contributed by atoms with Crippen LogP contribution >= 0.6 is 0 Å². The highest BCUT2D eigenvalue weighted by atomic mass is 32.2. The van der Waals surface area contributed by atoms with E-state index in [1.165, 1.54) is 9.87 Å². The van der Waals surface area contributed by atoms with E-state index < -0.39 is 10.0 Å². The summed E-state index contributed by atoms with van der Waals surface area (Å²) in [5.74, 6) is 0.0944. The normalized spacial score (nSPS) is 17.6. The highest BCUT2D eigenvalue weighted by molar-refractivity contribution is 7.89. The first-order valence-corrected chi connectivity index (χ1v) is 11.4. The fraction of sp³-hybridized carbons (Fsp3) is 0.318. The van der Waals surface area contributed by atoms with Crippen molar-refractivity contribution in [1.82, 2.24) is 9.21 Å². The third-order valence-electron chi connectivity index (χ3n) is 5.87. The van der Waals surface area contributed by atoms with E-state index in [-0.39, 0.29) is 19.0 Å². The van der Waals surface area contributed by atoms with Crippen LogP contribution in [0.15, 0.2) is 57.8 Å². The van der Waals surface area contributed by atoms with Crippen LogP contribution in [0.4, 0.5) is 0 Å². The van der Waals surface area contributed by atoms with Crippen LogP contribution < -0.4 is 0 Å². The summed E-state index contributed by atoms with van der Waals surface area (Å²) in [7, 11) is -3.55. The van der Waals surface area contributed by atoms with Crippen LogP contribution in [-0.4, -0.2) is 49.7 Å². The van der Waals surface area contributed by atoms with Gasteiger partial charge in [0.05, 0.1) is 4.90 Å². The summed E-state index contributed by atoms with van der Waals surface area (Å²) in [4.78, 5) is 14.8. The summed E-state index contributed by atoms with van der Waals surface area (Å²) in [5, 5.41) is 0.883. The van der Waals surface area contributed by atoms with Gasteiger partial charge in [0.2, 0.25) is 10.0 Å². The van der Waals surface area contributed by atoms with Crippen LogP contribution in [0.2, 0.25) is 0 Å². The predicted molar refractivity (Wildman–Crippen MR) is 109 cm³/mol. The van der Waals surface area contributed by atoms with Crippen LogP contribution in [0.5, 0.6) is 0 Å². The number of hydrogen-bond acceptors (Lipinski definition) is 4. The van der Waals surface area contributed by atoms with Gasteiger partial charge >= 0.3 is 0 Å². The van der Waals surface area contributed by atoms with Crippen molar-refractivity contribution in [2.24, 2.45) is 0 Å². The lowest BCUT2D eigenvalue weighted by molar-refractivity contribution is 0.0668. The van der Waals surface area contributed by atoms with Crippen LogP contribution in [0.1, 0.15) is 28.1 Å². The molecule has 1 amide bonds. The average Bonchev–Trinajstić information content (AvgIpc) is 3.39. The molecule has 150 valence electrons. The number of sulfonamides is 1. The molecule has 0 spiro atoms. The maximum atomic E-state index is 13.1. The van der Waals surface area contributed by atoms with Crippen molar-refractivity contribution in [2.75, 3.05) is 26.2 Å². The Morgan fingerprint density at radius 3 is 2.45 bits per heavy atom. The fourth-order valence-corrected chi connectivity index (χ4v) is 5.71. The second-order valence-corrected chi connectivity index (χ2v) is 9.57. The van der Waals surface area contributed by atoms with E-state index in [9.17, 15) is 13.2 Å². The number of benzene rings is 2. The standard InChI is InChI=1S/C22H22N2O4S/c25-22(21-15-18-4-1-2-7-20(18)28-21)23-10-12-24(13-11-23)29(26,27)19-9-8-16-5-3-6-17(16)14-19/h1-2,4,7-9,14-15H,3,5-6,10-13H2. The second kappa shape index (κ2) is 7.00. The second-order valence-electron chi connectivity index (χ2n) is 7.63. The topological polar surface area (TPSA) is 70.8 Å². The van der Waals surface area contributed by atoms with Crippen molar-refractivity contribution >= 4 is 26.9 Å². The lowest BCUT2D eigenvalue weighted by Crippen LogP contribution is -2.50. The number of furan rings is 1. The van der Waals surface area contributed by atoms with E-state index in [1.807, 2.05) is 36.4 Å². The van der Waals surface area contributed by atoms with Gasteiger partial charge < -0.3 is 9.32 Å². The molecule has 0 saturated carbocycles. The van der Waals surface area contributed by atoms with Gasteiger partial charge in [0.1, 0.15) is 5.58 Å². The van der Waals surface area contributed by atoms with Crippen LogP contribution in [-0.2, 0) is 22.9 Å². The maximum absolute atomic E-state index is 13.1. The van der Waals surface area contributed by atoms with Crippen molar-refractivity contribution in [3.63, 3.8) is 0 Å². The number of carbonyl (C=O) groups is 1. The molecule has 29 heavy (non-hydrogen) atoms. The van der Waals surface area contributed by atoms with E-state index in [4.69, 9.17) is 4.42 Å². The van der Waals surface area contributed by atoms with Crippen LogP contribution in [0.3, 0.4) is 0 Å². The lowest BCUT2D eigenvalue weighted by Gasteiger charge is -2.33. The molecule has 1 saturated heterocycles. The SMILES string of the molecule is O=C(c1cc2ccccc2o1)N1CCN(S(=O)(=O)c2ccc3c(c2)CCC3)CC1.